The molecule has 0 saturated carbocycles. The van der Waals surface area contributed by atoms with E-state index in [1.54, 1.807) is 24.3 Å². The van der Waals surface area contributed by atoms with Crippen molar-refractivity contribution in [3.05, 3.63) is 24.3 Å². The average molecular weight is 396 g/mol. The lowest BCUT2D eigenvalue weighted by Gasteiger charge is -2.26. The van der Waals surface area contributed by atoms with Gasteiger partial charge in [0.25, 0.3) is 0 Å². The molecule has 0 spiro atoms. The van der Waals surface area contributed by atoms with Crippen molar-refractivity contribution >= 4 is 21.6 Å². The third kappa shape index (κ3) is 5.75. The van der Waals surface area contributed by atoms with Crippen molar-refractivity contribution < 1.29 is 17.9 Å². The molecule has 0 unspecified atom stereocenters. The molecular formula is C19H29N3O4S. The Hall–Kier alpha value is -1.48. The summed E-state index contributed by atoms with van der Waals surface area (Å²) in [7, 11) is -3.51. The topological polar surface area (TPSA) is 79.0 Å². The Morgan fingerprint density at radius 2 is 1.52 bits per heavy atom. The Bertz CT molecular complexity index is 707. The van der Waals surface area contributed by atoms with Gasteiger partial charge in [-0.15, -0.1) is 0 Å². The highest BCUT2D eigenvalue weighted by Gasteiger charge is 2.26. The molecular weight excluding hydrogens is 366 g/mol. The number of sulfonamides is 1. The molecule has 2 aliphatic heterocycles. The van der Waals surface area contributed by atoms with Gasteiger partial charge in [-0.1, -0.05) is 19.3 Å². The van der Waals surface area contributed by atoms with E-state index in [0.29, 0.717) is 38.5 Å². The number of ether oxygens (including phenoxy) is 1. The molecule has 2 heterocycles. The fourth-order valence-electron chi connectivity index (χ4n) is 3.52. The molecule has 0 atom stereocenters. The molecule has 0 aliphatic carbocycles. The monoisotopic (exact) mass is 395 g/mol. The molecule has 27 heavy (non-hydrogen) atoms. The summed E-state index contributed by atoms with van der Waals surface area (Å²) in [6, 6.07) is 6.41. The molecule has 1 aromatic rings. The van der Waals surface area contributed by atoms with Gasteiger partial charge in [-0.05, 0) is 50.2 Å². The zero-order valence-electron chi connectivity index (χ0n) is 15.7. The first kappa shape index (κ1) is 20.3. The summed E-state index contributed by atoms with van der Waals surface area (Å²) >= 11 is 0. The molecule has 1 amide bonds. The number of carbonyl (C=O) groups excluding carboxylic acids is 1. The standard InChI is InChI=1S/C19H29N3O4S/c23-19(16-21-10-4-2-1-3-5-11-21)20-17-6-8-18(9-7-17)27(24,25)22-12-14-26-15-13-22/h6-9H,1-5,10-16H2,(H,20,23). The Balaban J connectivity index is 1.55. The normalized spacial score (nSPS) is 20.6. The maximum absolute atomic E-state index is 12.6. The second-order valence-corrected chi connectivity index (χ2v) is 9.07. The molecule has 8 heteroatoms. The summed E-state index contributed by atoms with van der Waals surface area (Å²) in [5.74, 6) is -0.0561. The maximum atomic E-state index is 12.6. The van der Waals surface area contributed by atoms with Gasteiger partial charge in [-0.25, -0.2) is 8.42 Å². The number of amides is 1. The summed E-state index contributed by atoms with van der Waals surface area (Å²) < 4.78 is 31.9. The molecule has 7 nitrogen and oxygen atoms in total. The third-order valence-electron chi connectivity index (χ3n) is 5.06. The summed E-state index contributed by atoms with van der Waals surface area (Å²) in [5, 5.41) is 2.87. The van der Waals surface area contributed by atoms with Gasteiger partial charge in [0.2, 0.25) is 15.9 Å². The Kier molecular flexibility index (Phi) is 7.23. The van der Waals surface area contributed by atoms with E-state index >= 15 is 0 Å². The number of rotatable bonds is 5. The molecule has 2 fully saturated rings. The molecule has 2 saturated heterocycles. The average Bonchev–Trinajstić information content (AvgIpc) is 2.65. The van der Waals surface area contributed by atoms with Crippen molar-refractivity contribution in [2.75, 3.05) is 51.3 Å². The number of morpholine rings is 1. The summed E-state index contributed by atoms with van der Waals surface area (Å²) in [6.07, 6.45) is 6.04. The van der Waals surface area contributed by atoms with Crippen molar-refractivity contribution in [3.8, 4) is 0 Å². The molecule has 1 aromatic carbocycles. The molecule has 0 bridgehead atoms. The molecule has 1 N–H and O–H groups in total. The van der Waals surface area contributed by atoms with E-state index in [0.717, 1.165) is 25.9 Å². The number of benzene rings is 1. The van der Waals surface area contributed by atoms with Crippen LogP contribution in [0.5, 0.6) is 0 Å². The van der Waals surface area contributed by atoms with Crippen LogP contribution in [0.25, 0.3) is 0 Å². The first-order chi connectivity index (χ1) is 13.1. The van der Waals surface area contributed by atoms with E-state index < -0.39 is 10.0 Å². The van der Waals surface area contributed by atoms with Gasteiger partial charge < -0.3 is 10.1 Å². The highest BCUT2D eigenvalue weighted by molar-refractivity contribution is 7.89. The van der Waals surface area contributed by atoms with Crippen LogP contribution in [-0.2, 0) is 19.6 Å². The summed E-state index contributed by atoms with van der Waals surface area (Å²) in [4.78, 5) is 14.8. The van der Waals surface area contributed by atoms with Crippen LogP contribution in [0, 0.1) is 0 Å². The fourth-order valence-corrected chi connectivity index (χ4v) is 4.93. The minimum atomic E-state index is -3.51. The smallest absolute Gasteiger partial charge is 0.243 e. The van der Waals surface area contributed by atoms with Crippen LogP contribution in [0.1, 0.15) is 32.1 Å². The fraction of sp³-hybridized carbons (Fsp3) is 0.632. The van der Waals surface area contributed by atoms with Crippen molar-refractivity contribution in [2.24, 2.45) is 0 Å². The minimum absolute atomic E-state index is 0.0561. The first-order valence-corrected chi connectivity index (χ1v) is 11.2. The van der Waals surface area contributed by atoms with Gasteiger partial charge in [-0.3, -0.25) is 9.69 Å². The van der Waals surface area contributed by atoms with Crippen molar-refractivity contribution in [1.29, 1.82) is 0 Å². The number of carbonyl (C=O) groups is 1. The van der Waals surface area contributed by atoms with E-state index in [4.69, 9.17) is 4.74 Å². The SMILES string of the molecule is O=C(CN1CCCCCCC1)Nc1ccc(S(=O)(=O)N2CCOCC2)cc1. The van der Waals surface area contributed by atoms with Gasteiger partial charge in [-0.2, -0.15) is 4.31 Å². The molecule has 0 radical (unpaired) electrons. The highest BCUT2D eigenvalue weighted by Crippen LogP contribution is 2.19. The van der Waals surface area contributed by atoms with E-state index in [-0.39, 0.29) is 10.8 Å². The zero-order chi connectivity index (χ0) is 19.1. The number of anilines is 1. The lowest BCUT2D eigenvalue weighted by Crippen LogP contribution is -2.40. The van der Waals surface area contributed by atoms with Gasteiger partial charge in [0.1, 0.15) is 0 Å². The van der Waals surface area contributed by atoms with Crippen LogP contribution in [-0.4, -0.2) is 69.5 Å². The molecule has 150 valence electrons. The number of likely N-dealkylation sites (tertiary alicyclic amines) is 1. The molecule has 2 aliphatic rings. The van der Waals surface area contributed by atoms with Crippen LogP contribution < -0.4 is 5.32 Å². The predicted molar refractivity (Wildman–Crippen MR) is 104 cm³/mol. The van der Waals surface area contributed by atoms with Crippen molar-refractivity contribution in [2.45, 2.75) is 37.0 Å². The van der Waals surface area contributed by atoms with E-state index in [2.05, 4.69) is 10.2 Å². The second kappa shape index (κ2) is 9.64. The van der Waals surface area contributed by atoms with Crippen molar-refractivity contribution in [1.82, 2.24) is 9.21 Å². The lowest BCUT2D eigenvalue weighted by molar-refractivity contribution is -0.117. The quantitative estimate of drug-likeness (QED) is 0.824. The van der Waals surface area contributed by atoms with Crippen molar-refractivity contribution in [3.63, 3.8) is 0 Å². The van der Waals surface area contributed by atoms with Crippen LogP contribution >= 0.6 is 0 Å². The molecule has 3 rings (SSSR count). The number of nitrogens with one attached hydrogen (secondary N) is 1. The highest BCUT2D eigenvalue weighted by atomic mass is 32.2. The van der Waals surface area contributed by atoms with Gasteiger partial charge >= 0.3 is 0 Å². The minimum Gasteiger partial charge on any atom is -0.379 e. The van der Waals surface area contributed by atoms with Crippen LogP contribution in [0.2, 0.25) is 0 Å². The number of hydrogen-bond donors (Lipinski definition) is 1. The Morgan fingerprint density at radius 1 is 0.926 bits per heavy atom. The van der Waals surface area contributed by atoms with Crippen LogP contribution in [0.15, 0.2) is 29.2 Å². The van der Waals surface area contributed by atoms with E-state index in [1.807, 2.05) is 0 Å². The number of nitrogens with zero attached hydrogens (tertiary/aromatic N) is 2. The number of hydrogen-bond acceptors (Lipinski definition) is 5. The lowest BCUT2D eigenvalue weighted by atomic mass is 10.1. The van der Waals surface area contributed by atoms with Gasteiger partial charge in [0, 0.05) is 18.8 Å². The largest absolute Gasteiger partial charge is 0.379 e. The van der Waals surface area contributed by atoms with E-state index in [9.17, 15) is 13.2 Å². The second-order valence-electron chi connectivity index (χ2n) is 7.13. The van der Waals surface area contributed by atoms with Gasteiger partial charge in [0.15, 0.2) is 0 Å². The summed E-state index contributed by atoms with van der Waals surface area (Å²) in [6.45, 7) is 3.89. The zero-order valence-corrected chi connectivity index (χ0v) is 16.5. The van der Waals surface area contributed by atoms with Crippen LogP contribution in [0.3, 0.4) is 0 Å². The summed E-state index contributed by atoms with van der Waals surface area (Å²) in [5.41, 5.74) is 0.618. The maximum Gasteiger partial charge on any atom is 0.243 e. The molecule has 0 aromatic heterocycles. The van der Waals surface area contributed by atoms with Crippen LogP contribution in [0.4, 0.5) is 5.69 Å². The Morgan fingerprint density at radius 3 is 2.15 bits per heavy atom. The van der Waals surface area contributed by atoms with E-state index in [1.165, 1.54) is 23.6 Å². The Labute approximate surface area is 161 Å². The van der Waals surface area contributed by atoms with Gasteiger partial charge in [0.05, 0.1) is 24.7 Å². The predicted octanol–water partition coefficient (Wildman–Crippen LogP) is 1.91. The first-order valence-electron chi connectivity index (χ1n) is 9.76. The third-order valence-corrected chi connectivity index (χ3v) is 6.97.